The summed E-state index contributed by atoms with van der Waals surface area (Å²) in [6, 6.07) is 11.2. The molecule has 0 aliphatic rings. The van der Waals surface area contributed by atoms with Crippen LogP contribution in [-0.4, -0.2) is 40.0 Å². The summed E-state index contributed by atoms with van der Waals surface area (Å²) in [5.74, 6) is 0.516. The molecule has 0 spiro atoms. The highest BCUT2D eigenvalue weighted by molar-refractivity contribution is 6.31. The van der Waals surface area contributed by atoms with E-state index in [2.05, 4.69) is 9.88 Å². The highest BCUT2D eigenvalue weighted by atomic mass is 35.5. The summed E-state index contributed by atoms with van der Waals surface area (Å²) in [4.78, 5) is 30.1. The van der Waals surface area contributed by atoms with Crippen molar-refractivity contribution in [1.29, 1.82) is 0 Å². The van der Waals surface area contributed by atoms with E-state index in [0.29, 0.717) is 28.3 Å². The van der Waals surface area contributed by atoms with Crippen LogP contribution < -0.4 is 5.56 Å². The van der Waals surface area contributed by atoms with Crippen LogP contribution in [0.1, 0.15) is 17.8 Å². The lowest BCUT2D eigenvalue weighted by Crippen LogP contribution is -2.26. The van der Waals surface area contributed by atoms with Crippen molar-refractivity contribution in [2.75, 3.05) is 20.6 Å². The number of aromatic nitrogens is 2. The highest BCUT2D eigenvalue weighted by Crippen LogP contribution is 2.18. The van der Waals surface area contributed by atoms with Crippen LogP contribution in [0.15, 0.2) is 47.3 Å². The molecule has 150 valence electrons. The molecule has 8 heteroatoms. The van der Waals surface area contributed by atoms with Gasteiger partial charge in [-0.1, -0.05) is 17.7 Å². The third-order valence-corrected chi connectivity index (χ3v) is 4.70. The number of hydrogen-bond acceptors (Lipinski definition) is 5. The van der Waals surface area contributed by atoms with E-state index < -0.39 is 4.92 Å². The molecule has 3 rings (SSSR count). The summed E-state index contributed by atoms with van der Waals surface area (Å²) >= 11 is 6.07. The molecule has 0 saturated heterocycles. The minimum atomic E-state index is -0.440. The summed E-state index contributed by atoms with van der Waals surface area (Å²) in [6.07, 6.45) is 4.33. The van der Waals surface area contributed by atoms with Crippen molar-refractivity contribution in [2.24, 2.45) is 0 Å². The number of non-ortho nitro benzene ring substituents is 1. The van der Waals surface area contributed by atoms with Crippen LogP contribution in [0.2, 0.25) is 5.02 Å². The van der Waals surface area contributed by atoms with E-state index in [1.165, 1.54) is 12.1 Å². The smallest absolute Gasteiger partial charge is 0.269 e. The first-order chi connectivity index (χ1) is 13.8. The molecule has 0 amide bonds. The summed E-state index contributed by atoms with van der Waals surface area (Å²) in [5.41, 5.74) is 1.22. The number of halogens is 1. The Hall–Kier alpha value is -3.03. The fourth-order valence-electron chi connectivity index (χ4n) is 2.98. The summed E-state index contributed by atoms with van der Waals surface area (Å²) < 4.78 is 1.65. The Morgan fingerprint density at radius 1 is 1.17 bits per heavy atom. The van der Waals surface area contributed by atoms with Crippen molar-refractivity contribution in [3.63, 3.8) is 0 Å². The SMILES string of the molecule is CN(C)CCCn1c(/C=C/c2ccc([N+](=O)[O-])cc2)nc2cc(Cl)ccc2c1=O. The van der Waals surface area contributed by atoms with Crippen LogP contribution in [0, 0.1) is 10.1 Å². The Kier molecular flexibility index (Phi) is 6.41. The van der Waals surface area contributed by atoms with Gasteiger partial charge in [0.05, 0.1) is 15.8 Å². The number of hydrogen-bond donors (Lipinski definition) is 0. The molecular weight excluding hydrogens is 392 g/mol. The maximum Gasteiger partial charge on any atom is 0.269 e. The van der Waals surface area contributed by atoms with Crippen molar-refractivity contribution in [3.05, 3.63) is 79.3 Å². The third-order valence-electron chi connectivity index (χ3n) is 4.46. The molecular formula is C21H21ClN4O3. The Labute approximate surface area is 173 Å². The normalized spacial score (nSPS) is 11.6. The predicted molar refractivity (Wildman–Crippen MR) is 116 cm³/mol. The topological polar surface area (TPSA) is 81.3 Å². The van der Waals surface area contributed by atoms with Crippen molar-refractivity contribution in [1.82, 2.24) is 14.5 Å². The third kappa shape index (κ3) is 5.07. The molecule has 2 aromatic carbocycles. The van der Waals surface area contributed by atoms with E-state index in [1.54, 1.807) is 47.1 Å². The van der Waals surface area contributed by atoms with Gasteiger partial charge in [-0.15, -0.1) is 0 Å². The lowest BCUT2D eigenvalue weighted by Gasteiger charge is -2.13. The van der Waals surface area contributed by atoms with E-state index in [4.69, 9.17) is 11.6 Å². The molecule has 29 heavy (non-hydrogen) atoms. The Morgan fingerprint density at radius 3 is 2.55 bits per heavy atom. The molecule has 0 saturated carbocycles. The molecule has 3 aromatic rings. The number of benzene rings is 2. The average Bonchev–Trinajstić information content (AvgIpc) is 2.68. The van der Waals surface area contributed by atoms with Crippen molar-refractivity contribution in [2.45, 2.75) is 13.0 Å². The van der Waals surface area contributed by atoms with Gasteiger partial charge in [0.2, 0.25) is 0 Å². The second-order valence-corrected chi connectivity index (χ2v) is 7.36. The predicted octanol–water partition coefficient (Wildman–Crippen LogP) is 4.08. The van der Waals surface area contributed by atoms with Crippen LogP contribution in [0.25, 0.3) is 23.1 Å². The van der Waals surface area contributed by atoms with Gasteiger partial charge in [0.15, 0.2) is 0 Å². The van der Waals surface area contributed by atoms with Crippen molar-refractivity contribution >= 4 is 40.3 Å². The largest absolute Gasteiger partial charge is 0.309 e. The minimum Gasteiger partial charge on any atom is -0.309 e. The molecule has 0 N–H and O–H groups in total. The zero-order chi connectivity index (χ0) is 21.0. The monoisotopic (exact) mass is 412 g/mol. The fraction of sp³-hybridized carbons (Fsp3) is 0.238. The quantitative estimate of drug-likeness (QED) is 0.431. The van der Waals surface area contributed by atoms with Gasteiger partial charge in [-0.05, 0) is 69.0 Å². The molecule has 0 fully saturated rings. The van der Waals surface area contributed by atoms with Crippen molar-refractivity contribution in [3.8, 4) is 0 Å². The number of rotatable bonds is 7. The molecule has 0 unspecified atom stereocenters. The molecule has 0 bridgehead atoms. The highest BCUT2D eigenvalue weighted by Gasteiger charge is 2.10. The average molecular weight is 413 g/mol. The molecule has 7 nitrogen and oxygen atoms in total. The minimum absolute atomic E-state index is 0.0289. The van der Waals surface area contributed by atoms with Gasteiger partial charge in [0, 0.05) is 23.7 Å². The van der Waals surface area contributed by atoms with Crippen LogP contribution in [0.5, 0.6) is 0 Å². The van der Waals surface area contributed by atoms with Crippen LogP contribution in [0.3, 0.4) is 0 Å². The molecule has 0 radical (unpaired) electrons. The van der Waals surface area contributed by atoms with Crippen LogP contribution >= 0.6 is 11.6 Å². The summed E-state index contributed by atoms with van der Waals surface area (Å²) in [6.45, 7) is 1.37. The van der Waals surface area contributed by atoms with Crippen LogP contribution in [-0.2, 0) is 6.54 Å². The summed E-state index contributed by atoms with van der Waals surface area (Å²) in [7, 11) is 3.97. The second kappa shape index (κ2) is 8.98. The van der Waals surface area contributed by atoms with Crippen LogP contribution in [0.4, 0.5) is 5.69 Å². The van der Waals surface area contributed by atoms with Gasteiger partial charge in [-0.2, -0.15) is 0 Å². The Bertz CT molecular complexity index is 1120. The summed E-state index contributed by atoms with van der Waals surface area (Å²) in [5, 5.41) is 11.8. The van der Waals surface area contributed by atoms with E-state index in [0.717, 1.165) is 18.5 Å². The molecule has 1 aromatic heterocycles. The lowest BCUT2D eigenvalue weighted by atomic mass is 10.2. The van der Waals surface area contributed by atoms with E-state index >= 15 is 0 Å². The maximum absolute atomic E-state index is 13.0. The number of nitrogens with zero attached hydrogens (tertiary/aromatic N) is 4. The zero-order valence-electron chi connectivity index (χ0n) is 16.2. The van der Waals surface area contributed by atoms with E-state index in [-0.39, 0.29) is 11.2 Å². The van der Waals surface area contributed by atoms with Gasteiger partial charge in [0.1, 0.15) is 5.82 Å². The van der Waals surface area contributed by atoms with Gasteiger partial charge in [-0.25, -0.2) is 4.98 Å². The second-order valence-electron chi connectivity index (χ2n) is 6.93. The Morgan fingerprint density at radius 2 is 1.90 bits per heavy atom. The zero-order valence-corrected chi connectivity index (χ0v) is 17.0. The Balaban J connectivity index is 2.01. The number of nitro groups is 1. The molecule has 1 heterocycles. The first-order valence-corrected chi connectivity index (χ1v) is 9.50. The first-order valence-electron chi connectivity index (χ1n) is 9.12. The standard InChI is InChI=1S/C21H21ClN4O3/c1-24(2)12-3-13-25-20(11-6-15-4-8-17(9-5-15)26(28)29)23-19-14-16(22)7-10-18(19)21(25)27/h4-11,14H,3,12-13H2,1-2H3/b11-6+. The number of fused-ring (bicyclic) bond motifs is 1. The maximum atomic E-state index is 13.0. The van der Waals surface area contributed by atoms with Gasteiger partial charge >= 0.3 is 0 Å². The first kappa shape index (κ1) is 20.7. The fourth-order valence-corrected chi connectivity index (χ4v) is 3.14. The van der Waals surface area contributed by atoms with Gasteiger partial charge in [-0.3, -0.25) is 19.5 Å². The van der Waals surface area contributed by atoms with Gasteiger partial charge < -0.3 is 4.90 Å². The molecule has 0 atom stereocenters. The van der Waals surface area contributed by atoms with E-state index in [1.807, 2.05) is 14.1 Å². The number of nitro benzene ring substituents is 1. The lowest BCUT2D eigenvalue weighted by molar-refractivity contribution is -0.384. The van der Waals surface area contributed by atoms with Gasteiger partial charge in [0.25, 0.3) is 11.2 Å². The molecule has 0 aliphatic heterocycles. The van der Waals surface area contributed by atoms with E-state index in [9.17, 15) is 14.9 Å². The van der Waals surface area contributed by atoms with Crippen molar-refractivity contribution < 1.29 is 4.92 Å². The molecule has 0 aliphatic carbocycles.